The number of rotatable bonds is 11. The summed E-state index contributed by atoms with van der Waals surface area (Å²) < 4.78 is 14.5. The Balaban J connectivity index is 3.65. The van der Waals surface area contributed by atoms with Crippen molar-refractivity contribution in [2.75, 3.05) is 40.3 Å². The van der Waals surface area contributed by atoms with Crippen LogP contribution in [0.25, 0.3) is 0 Å². The van der Waals surface area contributed by atoms with Crippen molar-refractivity contribution in [3.63, 3.8) is 0 Å². The molecule has 0 saturated carbocycles. The summed E-state index contributed by atoms with van der Waals surface area (Å²) >= 11 is 0. The molecule has 2 atom stereocenters. The highest BCUT2D eigenvalue weighted by atomic mass is 31.3. The van der Waals surface area contributed by atoms with Crippen LogP contribution in [0.3, 0.4) is 0 Å². The van der Waals surface area contributed by atoms with Gasteiger partial charge < -0.3 is 22.9 Å². The molecular formula is C7H30N13P3. The van der Waals surface area contributed by atoms with Crippen molar-refractivity contribution in [2.24, 2.45) is 36.5 Å². The van der Waals surface area contributed by atoms with Crippen LogP contribution in [-0.4, -0.2) is 40.3 Å². The van der Waals surface area contributed by atoms with Crippen molar-refractivity contribution >= 4 is 22.5 Å². The van der Waals surface area contributed by atoms with E-state index in [2.05, 4.69) is 30.5 Å². The molecule has 138 valence electrons. The zero-order valence-corrected chi connectivity index (χ0v) is 16.2. The highest BCUT2D eigenvalue weighted by molar-refractivity contribution is 7.83. The van der Waals surface area contributed by atoms with E-state index in [9.17, 15) is 0 Å². The maximum atomic E-state index is 5.71. The summed E-state index contributed by atoms with van der Waals surface area (Å²) in [5.41, 5.74) is 22.8. The van der Waals surface area contributed by atoms with Gasteiger partial charge in [-0.1, -0.05) is 6.92 Å². The van der Waals surface area contributed by atoms with Crippen LogP contribution in [0, 0.1) is 0 Å². The summed E-state index contributed by atoms with van der Waals surface area (Å²) in [6, 6.07) is 0. The van der Waals surface area contributed by atoms with E-state index in [-0.39, 0.29) is 26.7 Å². The van der Waals surface area contributed by atoms with Crippen LogP contribution >= 0.6 is 22.5 Å². The van der Waals surface area contributed by atoms with Gasteiger partial charge >= 0.3 is 0 Å². The minimum atomic E-state index is -2.60. The monoisotopic (exact) mass is 389 g/mol. The lowest BCUT2D eigenvalue weighted by atomic mass is 10.8. The first-order valence-corrected chi connectivity index (χ1v) is 12.2. The topological polar surface area (TPSA) is 213 Å². The molecule has 16 heteroatoms. The largest absolute Gasteiger partial charge is 0.318 e. The maximum absolute atomic E-state index is 5.71. The fourth-order valence-corrected chi connectivity index (χ4v) is 12.9. The van der Waals surface area contributed by atoms with E-state index in [0.717, 1.165) is 0 Å². The molecule has 0 bridgehead atoms. The van der Waals surface area contributed by atoms with Crippen LogP contribution in [0.5, 0.6) is 0 Å². The van der Waals surface area contributed by atoms with Gasteiger partial charge in [0.1, 0.15) is 0 Å². The predicted molar refractivity (Wildman–Crippen MR) is 99.5 cm³/mol. The van der Waals surface area contributed by atoms with E-state index in [4.69, 9.17) is 36.5 Å². The van der Waals surface area contributed by atoms with Crippen molar-refractivity contribution < 1.29 is 0 Å². The number of nitrogens with zero attached hydrogens (tertiary/aromatic N) is 3. The second-order valence-electron chi connectivity index (χ2n) is 4.26. The summed E-state index contributed by atoms with van der Waals surface area (Å²) in [6.45, 7) is 3.43. The summed E-state index contributed by atoms with van der Waals surface area (Å²) in [6.07, 6.45) is 0. The molecule has 1 rings (SSSR count). The Morgan fingerprint density at radius 1 is 0.652 bits per heavy atom. The second-order valence-corrected chi connectivity index (χ2v) is 12.0. The van der Waals surface area contributed by atoms with Crippen LogP contribution in [0.4, 0.5) is 0 Å². The van der Waals surface area contributed by atoms with Gasteiger partial charge in [-0.25, -0.2) is 20.3 Å². The third kappa shape index (κ3) is 5.38. The molecule has 0 aliphatic carbocycles. The van der Waals surface area contributed by atoms with Gasteiger partial charge in [0.05, 0.1) is 26.7 Å². The third-order valence-electron chi connectivity index (χ3n) is 2.71. The van der Waals surface area contributed by atoms with Gasteiger partial charge in [-0.3, -0.25) is 10.2 Å². The van der Waals surface area contributed by atoms with Crippen LogP contribution < -0.4 is 53.5 Å². The number of nitrogens with one attached hydrogen (secondary N) is 6. The molecule has 0 aromatic heterocycles. The summed E-state index contributed by atoms with van der Waals surface area (Å²) in [7, 11) is -5.87. The van der Waals surface area contributed by atoms with Crippen molar-refractivity contribution in [3.05, 3.63) is 0 Å². The van der Waals surface area contributed by atoms with Gasteiger partial charge in [0.25, 0.3) is 0 Å². The van der Waals surface area contributed by atoms with Crippen molar-refractivity contribution in [1.29, 1.82) is 0 Å². The molecule has 1 aliphatic rings. The molecular weight excluding hydrogens is 359 g/mol. The second kappa shape index (κ2) is 9.69. The lowest BCUT2D eigenvalue weighted by Gasteiger charge is -2.36. The zero-order valence-electron chi connectivity index (χ0n) is 13.5. The Hall–Kier alpha value is 0.290. The van der Waals surface area contributed by atoms with Gasteiger partial charge in [-0.15, -0.1) is 0 Å². The fraction of sp³-hybridized carbons (Fsp3) is 1.00. The molecule has 1 aliphatic heterocycles. The normalized spacial score (nSPS) is 29.5. The van der Waals surface area contributed by atoms with Gasteiger partial charge in [0, 0.05) is 6.54 Å². The molecule has 23 heavy (non-hydrogen) atoms. The molecule has 0 aromatic carbocycles. The first kappa shape index (κ1) is 21.3. The van der Waals surface area contributed by atoms with Crippen LogP contribution in [0.15, 0.2) is 13.5 Å². The van der Waals surface area contributed by atoms with Crippen LogP contribution in [0.1, 0.15) is 6.92 Å². The van der Waals surface area contributed by atoms with E-state index in [1.807, 2.05) is 6.92 Å². The summed E-state index contributed by atoms with van der Waals surface area (Å²) in [4.78, 5) is 0. The fourth-order valence-electron chi connectivity index (χ4n) is 1.94. The van der Waals surface area contributed by atoms with E-state index in [1.54, 1.807) is 7.05 Å². The van der Waals surface area contributed by atoms with E-state index < -0.39 is 22.5 Å². The molecule has 0 saturated heterocycles. The van der Waals surface area contributed by atoms with Crippen LogP contribution in [0.2, 0.25) is 0 Å². The molecule has 0 fully saturated rings. The quantitative estimate of drug-likeness (QED) is 0.149. The van der Waals surface area contributed by atoms with Gasteiger partial charge in [-0.2, -0.15) is 13.5 Å². The zero-order chi connectivity index (χ0) is 17.4. The van der Waals surface area contributed by atoms with Crippen molar-refractivity contribution in [2.45, 2.75) is 6.92 Å². The smallest absolute Gasteiger partial charge is 0.218 e. The molecule has 0 spiro atoms. The van der Waals surface area contributed by atoms with Gasteiger partial charge in [-0.05, 0) is 7.05 Å². The molecule has 14 N–H and O–H groups in total. The highest BCUT2D eigenvalue weighted by Gasteiger charge is 2.35. The van der Waals surface area contributed by atoms with Crippen LogP contribution in [-0.2, 0) is 0 Å². The highest BCUT2D eigenvalue weighted by Crippen LogP contribution is 2.70. The standard InChI is InChI=1S/C7H30N13P3/c1-3-13-22(15-5-9)18-21(12-2,14-4-8)19-23(20-22,16-6-10)17-7-11/h12-17H,3-11H2,1-2H3. The number of hydrogen-bond acceptors (Lipinski definition) is 13. The minimum Gasteiger partial charge on any atom is -0.318 e. The number of nitrogens with two attached hydrogens (primary N) is 4. The van der Waals surface area contributed by atoms with E-state index >= 15 is 0 Å². The SMILES string of the molecule is CCNP1(NCN)=NP(NC)(NCN)=NP(NCN)(NCN)=N1. The average molecular weight is 389 g/mol. The Bertz CT molecular complexity index is 494. The van der Waals surface area contributed by atoms with Gasteiger partial charge in [0.15, 0.2) is 0 Å². The average Bonchev–Trinajstić information content (AvgIpc) is 2.48. The summed E-state index contributed by atoms with van der Waals surface area (Å²) in [5.74, 6) is 0. The lowest BCUT2D eigenvalue weighted by Crippen LogP contribution is -2.35. The van der Waals surface area contributed by atoms with E-state index in [1.165, 1.54) is 0 Å². The predicted octanol–water partition coefficient (Wildman–Crippen LogP) is -1.31. The van der Waals surface area contributed by atoms with E-state index in [0.29, 0.717) is 6.54 Å². The molecule has 0 amide bonds. The Morgan fingerprint density at radius 2 is 1.00 bits per heavy atom. The molecule has 1 heterocycles. The molecule has 0 aromatic rings. The van der Waals surface area contributed by atoms with Crippen molar-refractivity contribution in [3.8, 4) is 0 Å². The Labute approximate surface area is 137 Å². The first-order valence-electron chi connectivity index (χ1n) is 7.15. The lowest BCUT2D eigenvalue weighted by molar-refractivity contribution is 0.872. The Kier molecular flexibility index (Phi) is 8.99. The van der Waals surface area contributed by atoms with Crippen molar-refractivity contribution in [1.82, 2.24) is 30.5 Å². The maximum Gasteiger partial charge on any atom is 0.218 e. The Morgan fingerprint density at radius 3 is 1.39 bits per heavy atom. The minimum absolute atomic E-state index is 0.189. The summed E-state index contributed by atoms with van der Waals surface area (Å²) in [5, 5.41) is 19.1. The van der Waals surface area contributed by atoms with Gasteiger partial charge in [0.2, 0.25) is 22.5 Å². The first-order chi connectivity index (χ1) is 11.0. The molecule has 2 unspecified atom stereocenters. The third-order valence-corrected chi connectivity index (χ3v) is 12.8. The molecule has 0 radical (unpaired) electrons. The number of hydrogen-bond donors (Lipinski definition) is 10. The molecule has 13 nitrogen and oxygen atoms in total.